The van der Waals surface area contributed by atoms with Crippen LogP contribution in [0.5, 0.6) is 5.75 Å². The number of ether oxygens (including phenoxy) is 1. The highest BCUT2D eigenvalue weighted by Gasteiger charge is 2.34. The molecular weight excluding hydrogens is 255 g/mol. The van der Waals surface area contributed by atoms with Gasteiger partial charge in [-0.05, 0) is 12.1 Å². The summed E-state index contributed by atoms with van der Waals surface area (Å²) in [5, 5.41) is 9.58. The van der Waals surface area contributed by atoms with E-state index in [1.807, 2.05) is 0 Å². The van der Waals surface area contributed by atoms with Crippen LogP contribution in [-0.4, -0.2) is 47.6 Å². The molecule has 3 N–H and O–H groups in total. The lowest BCUT2D eigenvalue weighted by atomic mass is 10.1. The molecule has 0 saturated carbocycles. The molecule has 1 atom stereocenters. The van der Waals surface area contributed by atoms with E-state index in [9.17, 15) is 19.1 Å². The molecule has 0 bridgehead atoms. The molecule has 0 radical (unpaired) electrons. The average molecular weight is 268 g/mol. The van der Waals surface area contributed by atoms with Gasteiger partial charge in [0.1, 0.15) is 23.2 Å². The molecule has 0 aromatic heterocycles. The van der Waals surface area contributed by atoms with Crippen molar-refractivity contribution in [3.63, 3.8) is 0 Å². The Hall–Kier alpha value is -2.15. The highest BCUT2D eigenvalue weighted by Crippen LogP contribution is 2.23. The van der Waals surface area contributed by atoms with Gasteiger partial charge in [-0.25, -0.2) is 4.39 Å². The zero-order valence-corrected chi connectivity index (χ0v) is 10.0. The number of halogens is 1. The molecule has 0 spiro atoms. The summed E-state index contributed by atoms with van der Waals surface area (Å²) in [5.74, 6) is -2.83. The van der Waals surface area contributed by atoms with Crippen LogP contribution < -0.4 is 5.73 Å². The fourth-order valence-corrected chi connectivity index (χ4v) is 1.95. The van der Waals surface area contributed by atoms with E-state index in [0.717, 1.165) is 11.0 Å². The highest BCUT2D eigenvalue weighted by atomic mass is 19.1. The lowest BCUT2D eigenvalue weighted by Crippen LogP contribution is -2.54. The van der Waals surface area contributed by atoms with E-state index in [-0.39, 0.29) is 19.8 Å². The maximum atomic E-state index is 13.6. The lowest BCUT2D eigenvalue weighted by Gasteiger charge is -2.33. The summed E-state index contributed by atoms with van der Waals surface area (Å²) in [7, 11) is 0. The number of rotatable bonds is 2. The third kappa shape index (κ3) is 2.50. The smallest absolute Gasteiger partial charge is 0.261 e. The van der Waals surface area contributed by atoms with E-state index in [1.54, 1.807) is 0 Å². The van der Waals surface area contributed by atoms with Crippen molar-refractivity contribution in [2.75, 3.05) is 19.8 Å². The van der Waals surface area contributed by atoms with Crippen LogP contribution in [0, 0.1) is 5.82 Å². The highest BCUT2D eigenvalue weighted by molar-refractivity contribution is 5.99. The molecule has 1 aromatic rings. The van der Waals surface area contributed by atoms with Gasteiger partial charge in [-0.2, -0.15) is 0 Å². The van der Waals surface area contributed by atoms with Gasteiger partial charge in [0.05, 0.1) is 13.2 Å². The van der Waals surface area contributed by atoms with E-state index in [0.29, 0.717) is 0 Å². The molecule has 7 heteroatoms. The van der Waals surface area contributed by atoms with Crippen molar-refractivity contribution in [2.24, 2.45) is 5.73 Å². The molecule has 0 aliphatic carbocycles. The normalized spacial score (nSPS) is 19.2. The third-order valence-electron chi connectivity index (χ3n) is 2.92. The molecule has 1 saturated heterocycles. The van der Waals surface area contributed by atoms with Gasteiger partial charge in [-0.3, -0.25) is 9.59 Å². The third-order valence-corrected chi connectivity index (χ3v) is 2.92. The number of carbonyl (C=O) groups excluding carboxylic acids is 2. The Kier molecular flexibility index (Phi) is 3.66. The number of primary amides is 1. The van der Waals surface area contributed by atoms with E-state index in [2.05, 4.69) is 0 Å². The van der Waals surface area contributed by atoms with Gasteiger partial charge in [-0.1, -0.05) is 6.07 Å². The Morgan fingerprint density at radius 1 is 1.47 bits per heavy atom. The predicted octanol–water partition coefficient (Wildman–Crippen LogP) is -0.142. The lowest BCUT2D eigenvalue weighted by molar-refractivity contribution is -0.127. The van der Waals surface area contributed by atoms with Gasteiger partial charge in [-0.15, -0.1) is 0 Å². The van der Waals surface area contributed by atoms with Crippen LogP contribution in [0.2, 0.25) is 0 Å². The first-order valence-electron chi connectivity index (χ1n) is 5.68. The summed E-state index contributed by atoms with van der Waals surface area (Å²) in [6, 6.07) is 2.59. The van der Waals surface area contributed by atoms with Crippen LogP contribution in [0.15, 0.2) is 18.2 Å². The van der Waals surface area contributed by atoms with E-state index < -0.39 is 35.0 Å². The van der Waals surface area contributed by atoms with Gasteiger partial charge in [0.2, 0.25) is 5.91 Å². The minimum absolute atomic E-state index is 0.0315. The van der Waals surface area contributed by atoms with Crippen LogP contribution in [0.4, 0.5) is 4.39 Å². The maximum absolute atomic E-state index is 13.6. The molecule has 1 unspecified atom stereocenters. The number of nitrogens with two attached hydrogens (primary N) is 1. The fraction of sp³-hybridized carbons (Fsp3) is 0.333. The Morgan fingerprint density at radius 2 is 2.21 bits per heavy atom. The number of aromatic hydroxyl groups is 1. The number of nitrogens with zero attached hydrogens (tertiary/aromatic N) is 1. The molecular formula is C12H13FN2O4. The number of hydrogen-bond acceptors (Lipinski definition) is 4. The van der Waals surface area contributed by atoms with Crippen molar-refractivity contribution in [1.82, 2.24) is 4.90 Å². The topological polar surface area (TPSA) is 92.9 Å². The number of carbonyl (C=O) groups is 2. The zero-order chi connectivity index (χ0) is 14.0. The second-order valence-corrected chi connectivity index (χ2v) is 4.13. The number of amides is 2. The maximum Gasteiger partial charge on any atom is 0.261 e. The number of phenols is 1. The first-order valence-corrected chi connectivity index (χ1v) is 5.68. The molecule has 102 valence electrons. The van der Waals surface area contributed by atoms with Gasteiger partial charge in [0.25, 0.3) is 5.91 Å². The number of benzene rings is 1. The first kappa shape index (κ1) is 13.3. The fourth-order valence-electron chi connectivity index (χ4n) is 1.95. The van der Waals surface area contributed by atoms with Crippen molar-refractivity contribution < 1.29 is 23.8 Å². The summed E-state index contributed by atoms with van der Waals surface area (Å²) >= 11 is 0. The molecule has 2 rings (SSSR count). The largest absolute Gasteiger partial charge is 0.507 e. The van der Waals surface area contributed by atoms with Crippen LogP contribution in [0.25, 0.3) is 0 Å². The van der Waals surface area contributed by atoms with E-state index in [4.69, 9.17) is 10.5 Å². The minimum atomic E-state index is -0.958. The number of morpholine rings is 1. The zero-order valence-electron chi connectivity index (χ0n) is 10.0. The second kappa shape index (κ2) is 5.23. The number of hydrogen-bond donors (Lipinski definition) is 2. The van der Waals surface area contributed by atoms with Crippen LogP contribution in [-0.2, 0) is 9.53 Å². The summed E-state index contributed by atoms with van der Waals surface area (Å²) in [4.78, 5) is 24.6. The van der Waals surface area contributed by atoms with Crippen molar-refractivity contribution >= 4 is 11.8 Å². The molecule has 1 heterocycles. The van der Waals surface area contributed by atoms with Gasteiger partial charge < -0.3 is 20.5 Å². The SMILES string of the molecule is NC(=O)C1COCCN1C(=O)c1c(O)cccc1F. The average Bonchev–Trinajstić information content (AvgIpc) is 2.38. The molecule has 6 nitrogen and oxygen atoms in total. The summed E-state index contributed by atoms with van der Waals surface area (Å²) in [6.07, 6.45) is 0. The molecule has 19 heavy (non-hydrogen) atoms. The first-order chi connectivity index (χ1) is 9.02. The van der Waals surface area contributed by atoms with Crippen molar-refractivity contribution in [1.29, 1.82) is 0 Å². The van der Waals surface area contributed by atoms with Crippen LogP contribution in [0.3, 0.4) is 0 Å². The van der Waals surface area contributed by atoms with Crippen molar-refractivity contribution in [3.8, 4) is 5.75 Å². The van der Waals surface area contributed by atoms with Crippen molar-refractivity contribution in [2.45, 2.75) is 6.04 Å². The molecule has 2 amide bonds. The molecule has 1 fully saturated rings. The van der Waals surface area contributed by atoms with E-state index >= 15 is 0 Å². The van der Waals surface area contributed by atoms with Crippen LogP contribution in [0.1, 0.15) is 10.4 Å². The standard InChI is InChI=1S/C12H13FN2O4/c13-7-2-1-3-9(16)10(7)12(18)15-4-5-19-6-8(15)11(14)17/h1-3,8,16H,4-6H2,(H2,14,17). The summed E-state index contributed by atoms with van der Waals surface area (Å²) in [5.41, 5.74) is 4.72. The predicted molar refractivity (Wildman–Crippen MR) is 62.9 cm³/mol. The number of phenolic OH excluding ortho intramolecular Hbond substituents is 1. The van der Waals surface area contributed by atoms with Gasteiger partial charge in [0, 0.05) is 6.54 Å². The Balaban J connectivity index is 2.34. The molecule has 1 aliphatic heterocycles. The Morgan fingerprint density at radius 3 is 2.84 bits per heavy atom. The summed E-state index contributed by atoms with van der Waals surface area (Å²) < 4.78 is 18.7. The second-order valence-electron chi connectivity index (χ2n) is 4.13. The molecule has 1 aliphatic rings. The van der Waals surface area contributed by atoms with Gasteiger partial charge >= 0.3 is 0 Å². The van der Waals surface area contributed by atoms with Crippen LogP contribution >= 0.6 is 0 Å². The minimum Gasteiger partial charge on any atom is -0.507 e. The van der Waals surface area contributed by atoms with Crippen molar-refractivity contribution in [3.05, 3.63) is 29.6 Å². The Labute approximate surface area is 108 Å². The van der Waals surface area contributed by atoms with E-state index in [1.165, 1.54) is 12.1 Å². The summed E-state index contributed by atoms with van der Waals surface area (Å²) in [6.45, 7) is 0.307. The quantitative estimate of drug-likeness (QED) is 0.780. The Bertz CT molecular complexity index is 500. The van der Waals surface area contributed by atoms with Gasteiger partial charge in [0.15, 0.2) is 0 Å². The molecule has 1 aromatic carbocycles. The monoisotopic (exact) mass is 268 g/mol.